The fraction of sp³-hybridized carbons (Fsp3) is 0.667. The number of ether oxygens (including phenoxy) is 2. The standard InChI is InChI=1S/C12H14O4/c1-3-8(13)15-10-9-6-4-12(10,2)5-7(6)11(14)16-9/h3,6-7,9-10H,1,4-5H2,2H3. The van der Waals surface area contributed by atoms with Gasteiger partial charge >= 0.3 is 11.9 Å². The molecule has 3 rings (SSSR count). The first-order valence-corrected chi connectivity index (χ1v) is 5.59. The normalized spacial score (nSPS) is 47.9. The number of carbonyl (C=O) groups is 2. The van der Waals surface area contributed by atoms with Crippen molar-refractivity contribution in [3.8, 4) is 0 Å². The average Bonchev–Trinajstić information content (AvgIpc) is 2.78. The maximum absolute atomic E-state index is 11.6. The third kappa shape index (κ3) is 1.05. The molecule has 2 saturated carbocycles. The van der Waals surface area contributed by atoms with Gasteiger partial charge in [0.1, 0.15) is 12.2 Å². The largest absolute Gasteiger partial charge is 0.458 e. The molecule has 1 aliphatic heterocycles. The molecule has 86 valence electrons. The quantitative estimate of drug-likeness (QED) is 0.517. The van der Waals surface area contributed by atoms with Crippen LogP contribution in [0.4, 0.5) is 0 Å². The highest BCUT2D eigenvalue weighted by Gasteiger charge is 2.68. The fourth-order valence-electron chi connectivity index (χ4n) is 3.63. The molecule has 5 unspecified atom stereocenters. The maximum atomic E-state index is 11.6. The minimum atomic E-state index is -0.432. The van der Waals surface area contributed by atoms with E-state index in [1.165, 1.54) is 0 Å². The molecule has 0 aromatic heterocycles. The second-order valence-corrected chi connectivity index (χ2v) is 5.30. The first-order valence-electron chi connectivity index (χ1n) is 5.59. The monoisotopic (exact) mass is 222 g/mol. The Morgan fingerprint density at radius 2 is 2.38 bits per heavy atom. The molecular weight excluding hydrogens is 208 g/mol. The molecule has 0 spiro atoms. The topological polar surface area (TPSA) is 52.6 Å². The molecule has 0 aromatic carbocycles. The lowest BCUT2D eigenvalue weighted by molar-refractivity contribution is -0.160. The van der Waals surface area contributed by atoms with Crippen LogP contribution in [0.1, 0.15) is 19.8 Å². The third-order valence-electron chi connectivity index (χ3n) is 4.28. The van der Waals surface area contributed by atoms with Gasteiger partial charge in [-0.3, -0.25) is 4.79 Å². The zero-order valence-corrected chi connectivity index (χ0v) is 9.14. The smallest absolute Gasteiger partial charge is 0.330 e. The van der Waals surface area contributed by atoms with Gasteiger partial charge in [0.2, 0.25) is 0 Å². The molecule has 1 heterocycles. The summed E-state index contributed by atoms with van der Waals surface area (Å²) in [7, 11) is 0. The molecule has 3 fully saturated rings. The molecule has 0 radical (unpaired) electrons. The van der Waals surface area contributed by atoms with Crippen molar-refractivity contribution >= 4 is 11.9 Å². The van der Waals surface area contributed by atoms with Gasteiger partial charge in [-0.1, -0.05) is 13.5 Å². The van der Waals surface area contributed by atoms with Crippen LogP contribution in [0.15, 0.2) is 12.7 Å². The van der Waals surface area contributed by atoms with Crippen LogP contribution in [0.5, 0.6) is 0 Å². The van der Waals surface area contributed by atoms with E-state index in [1.54, 1.807) is 0 Å². The molecular formula is C12H14O4. The average molecular weight is 222 g/mol. The van der Waals surface area contributed by atoms with Crippen LogP contribution in [0, 0.1) is 17.3 Å². The van der Waals surface area contributed by atoms with E-state index >= 15 is 0 Å². The number of hydrogen-bond donors (Lipinski definition) is 0. The van der Waals surface area contributed by atoms with Gasteiger partial charge in [-0.25, -0.2) is 4.79 Å². The van der Waals surface area contributed by atoms with Crippen LogP contribution < -0.4 is 0 Å². The van der Waals surface area contributed by atoms with Crippen molar-refractivity contribution in [2.45, 2.75) is 32.0 Å². The Morgan fingerprint density at radius 3 is 3.06 bits per heavy atom. The Bertz CT molecular complexity index is 388. The summed E-state index contributed by atoms with van der Waals surface area (Å²) in [6.07, 6.45) is 2.35. The van der Waals surface area contributed by atoms with Gasteiger partial charge in [0.15, 0.2) is 0 Å². The Balaban J connectivity index is 1.88. The van der Waals surface area contributed by atoms with E-state index < -0.39 is 5.97 Å². The van der Waals surface area contributed by atoms with Gasteiger partial charge in [-0.05, 0) is 12.8 Å². The number of fused-ring (bicyclic) bond motifs is 1. The second kappa shape index (κ2) is 2.87. The lowest BCUT2D eigenvalue weighted by atomic mass is 9.79. The van der Waals surface area contributed by atoms with Crippen LogP contribution in [-0.4, -0.2) is 24.1 Å². The summed E-state index contributed by atoms with van der Waals surface area (Å²) in [5.74, 6) is -0.261. The lowest BCUT2D eigenvalue weighted by Gasteiger charge is -2.32. The number of esters is 2. The predicted molar refractivity (Wildman–Crippen MR) is 54.3 cm³/mol. The van der Waals surface area contributed by atoms with E-state index in [0.717, 1.165) is 18.9 Å². The Labute approximate surface area is 93.6 Å². The van der Waals surface area contributed by atoms with Gasteiger partial charge in [-0.2, -0.15) is 0 Å². The highest BCUT2D eigenvalue weighted by atomic mass is 16.6. The molecule has 0 amide bonds. The van der Waals surface area contributed by atoms with E-state index in [1.807, 2.05) is 0 Å². The van der Waals surface area contributed by atoms with Crippen molar-refractivity contribution in [1.82, 2.24) is 0 Å². The molecule has 0 N–H and O–H groups in total. The summed E-state index contributed by atoms with van der Waals surface area (Å²) >= 11 is 0. The van der Waals surface area contributed by atoms with Crippen molar-refractivity contribution in [3.05, 3.63) is 12.7 Å². The first-order chi connectivity index (χ1) is 7.55. The lowest BCUT2D eigenvalue weighted by Crippen LogP contribution is -2.40. The fourth-order valence-corrected chi connectivity index (χ4v) is 3.63. The van der Waals surface area contributed by atoms with E-state index in [9.17, 15) is 9.59 Å². The molecule has 4 nitrogen and oxygen atoms in total. The molecule has 2 bridgehead atoms. The minimum absolute atomic E-state index is 0.0358. The van der Waals surface area contributed by atoms with Gasteiger partial charge < -0.3 is 9.47 Å². The van der Waals surface area contributed by atoms with Crippen molar-refractivity contribution < 1.29 is 19.1 Å². The summed E-state index contributed by atoms with van der Waals surface area (Å²) in [5.41, 5.74) is -0.0924. The summed E-state index contributed by atoms with van der Waals surface area (Å²) in [6, 6.07) is 0. The van der Waals surface area contributed by atoms with Crippen LogP contribution in [0.25, 0.3) is 0 Å². The third-order valence-corrected chi connectivity index (χ3v) is 4.28. The number of carbonyl (C=O) groups excluding carboxylic acids is 2. The Hall–Kier alpha value is -1.32. The maximum Gasteiger partial charge on any atom is 0.330 e. The first kappa shape index (κ1) is 9.87. The van der Waals surface area contributed by atoms with Crippen molar-refractivity contribution in [1.29, 1.82) is 0 Å². The number of hydrogen-bond acceptors (Lipinski definition) is 4. The highest BCUT2D eigenvalue weighted by Crippen LogP contribution is 2.62. The zero-order chi connectivity index (χ0) is 11.5. The summed E-state index contributed by atoms with van der Waals surface area (Å²) in [6.45, 7) is 5.45. The van der Waals surface area contributed by atoms with E-state index in [2.05, 4.69) is 13.5 Å². The minimum Gasteiger partial charge on any atom is -0.458 e. The molecule has 2 aliphatic carbocycles. The van der Waals surface area contributed by atoms with E-state index in [4.69, 9.17) is 9.47 Å². The SMILES string of the molecule is C=CC(=O)OC1C2OC(=O)C3CC1(C)CC32. The summed E-state index contributed by atoms with van der Waals surface area (Å²) in [5, 5.41) is 0. The van der Waals surface area contributed by atoms with Crippen molar-refractivity contribution in [3.63, 3.8) is 0 Å². The molecule has 3 aliphatic rings. The Kier molecular flexibility index (Phi) is 1.77. The van der Waals surface area contributed by atoms with E-state index in [0.29, 0.717) is 0 Å². The van der Waals surface area contributed by atoms with E-state index in [-0.39, 0.29) is 35.4 Å². The summed E-state index contributed by atoms with van der Waals surface area (Å²) in [4.78, 5) is 22.8. The zero-order valence-electron chi connectivity index (χ0n) is 9.14. The predicted octanol–water partition coefficient (Wildman–Crippen LogP) is 1.06. The van der Waals surface area contributed by atoms with Crippen LogP contribution in [0.2, 0.25) is 0 Å². The molecule has 5 atom stereocenters. The highest BCUT2D eigenvalue weighted by molar-refractivity contribution is 5.82. The molecule has 4 heteroatoms. The summed E-state index contributed by atoms with van der Waals surface area (Å²) < 4.78 is 10.7. The molecule has 0 aromatic rings. The van der Waals surface area contributed by atoms with Crippen molar-refractivity contribution in [2.75, 3.05) is 0 Å². The van der Waals surface area contributed by atoms with Gasteiger partial charge in [-0.15, -0.1) is 0 Å². The van der Waals surface area contributed by atoms with Crippen LogP contribution in [0.3, 0.4) is 0 Å². The van der Waals surface area contributed by atoms with Crippen LogP contribution >= 0.6 is 0 Å². The van der Waals surface area contributed by atoms with Gasteiger partial charge in [0, 0.05) is 17.4 Å². The van der Waals surface area contributed by atoms with Crippen LogP contribution in [-0.2, 0) is 19.1 Å². The second-order valence-electron chi connectivity index (χ2n) is 5.30. The Morgan fingerprint density at radius 1 is 1.62 bits per heavy atom. The van der Waals surface area contributed by atoms with Crippen molar-refractivity contribution in [2.24, 2.45) is 17.3 Å². The molecule has 16 heavy (non-hydrogen) atoms. The van der Waals surface area contributed by atoms with Gasteiger partial charge in [0.25, 0.3) is 0 Å². The molecule has 1 saturated heterocycles. The van der Waals surface area contributed by atoms with Gasteiger partial charge in [0.05, 0.1) is 5.92 Å². The number of rotatable bonds is 2.